The van der Waals surface area contributed by atoms with Gasteiger partial charge in [0.1, 0.15) is 11.4 Å². The van der Waals surface area contributed by atoms with Crippen molar-refractivity contribution in [3.8, 4) is 0 Å². The van der Waals surface area contributed by atoms with Crippen molar-refractivity contribution < 1.29 is 27.5 Å². The third-order valence-electron chi connectivity index (χ3n) is 1.90. The van der Waals surface area contributed by atoms with Crippen LogP contribution in [0.2, 0.25) is 0 Å². The second kappa shape index (κ2) is 6.17. The summed E-state index contributed by atoms with van der Waals surface area (Å²) in [6.07, 6.45) is 0. The van der Waals surface area contributed by atoms with E-state index >= 15 is 0 Å². The molecule has 0 aromatic carbocycles. The molecule has 18 heavy (non-hydrogen) atoms. The van der Waals surface area contributed by atoms with E-state index in [9.17, 15) is 18.0 Å². The molecular weight excluding hydrogens is 260 g/mol. The second-order valence-corrected chi connectivity index (χ2v) is 7.11. The molecule has 0 spiro atoms. The molecule has 0 bridgehead atoms. The Morgan fingerprint density at radius 3 is 2.11 bits per heavy atom. The van der Waals surface area contributed by atoms with Gasteiger partial charge in [-0.15, -0.1) is 0 Å². The predicted molar refractivity (Wildman–Crippen MR) is 65.7 cm³/mol. The van der Waals surface area contributed by atoms with Gasteiger partial charge in [0.2, 0.25) is 0 Å². The van der Waals surface area contributed by atoms with Crippen LogP contribution in [-0.2, 0) is 28.9 Å². The Balaban J connectivity index is 4.67. The van der Waals surface area contributed by atoms with Gasteiger partial charge < -0.3 is 9.47 Å². The lowest BCUT2D eigenvalue weighted by Gasteiger charge is -2.20. The number of hydrogen-bond acceptors (Lipinski definition) is 6. The number of ether oxygens (including phenoxy) is 2. The molecule has 0 amide bonds. The van der Waals surface area contributed by atoms with Gasteiger partial charge in [0, 0.05) is 0 Å². The third kappa shape index (κ3) is 6.00. The smallest absolute Gasteiger partial charge is 0.324 e. The van der Waals surface area contributed by atoms with Gasteiger partial charge in [0.15, 0.2) is 15.1 Å². The van der Waals surface area contributed by atoms with Crippen molar-refractivity contribution in [3.05, 3.63) is 0 Å². The summed E-state index contributed by atoms with van der Waals surface area (Å²) < 4.78 is 33.0. The van der Waals surface area contributed by atoms with Crippen molar-refractivity contribution in [3.63, 3.8) is 0 Å². The summed E-state index contributed by atoms with van der Waals surface area (Å²) in [5.74, 6) is -2.57. The van der Waals surface area contributed by atoms with Crippen LogP contribution in [0.25, 0.3) is 0 Å². The number of hydrogen-bond donors (Lipinski definition) is 0. The average molecular weight is 280 g/mol. The summed E-state index contributed by atoms with van der Waals surface area (Å²) in [6.45, 7) is 7.75. The number of carbonyl (C=O) groups excluding carboxylic acids is 2. The monoisotopic (exact) mass is 280 g/mol. The van der Waals surface area contributed by atoms with Gasteiger partial charge in [0.25, 0.3) is 0 Å². The van der Waals surface area contributed by atoms with Crippen molar-refractivity contribution in [2.45, 2.75) is 45.5 Å². The fourth-order valence-corrected chi connectivity index (χ4v) is 2.07. The molecule has 0 saturated heterocycles. The van der Waals surface area contributed by atoms with E-state index in [0.29, 0.717) is 0 Å². The van der Waals surface area contributed by atoms with Crippen molar-refractivity contribution in [2.24, 2.45) is 0 Å². The topological polar surface area (TPSA) is 86.7 Å². The minimum absolute atomic E-state index is 0.0884. The Morgan fingerprint density at radius 1 is 1.22 bits per heavy atom. The zero-order valence-electron chi connectivity index (χ0n) is 11.3. The first-order chi connectivity index (χ1) is 7.99. The highest BCUT2D eigenvalue weighted by Crippen LogP contribution is 2.10. The molecule has 6 nitrogen and oxygen atoms in total. The maximum atomic E-state index is 11.7. The molecular formula is C11H20O6S. The first-order valence-electron chi connectivity index (χ1n) is 5.59. The third-order valence-corrected chi connectivity index (χ3v) is 3.80. The summed E-state index contributed by atoms with van der Waals surface area (Å²) >= 11 is 0. The predicted octanol–water partition coefficient (Wildman–Crippen LogP) is 0.694. The lowest BCUT2D eigenvalue weighted by molar-refractivity contribution is -0.151. The zero-order valence-corrected chi connectivity index (χ0v) is 12.2. The first-order valence-corrected chi connectivity index (χ1v) is 7.31. The maximum Gasteiger partial charge on any atom is 0.324 e. The molecule has 7 heteroatoms. The average Bonchev–Trinajstić information content (AvgIpc) is 2.12. The summed E-state index contributed by atoms with van der Waals surface area (Å²) in [4.78, 5) is 22.7. The van der Waals surface area contributed by atoms with E-state index in [1.54, 1.807) is 27.7 Å². The van der Waals surface area contributed by atoms with Gasteiger partial charge in [-0.25, -0.2) is 8.42 Å². The van der Waals surface area contributed by atoms with Crippen LogP contribution in [0.3, 0.4) is 0 Å². The molecule has 0 saturated carbocycles. The van der Waals surface area contributed by atoms with E-state index < -0.39 is 38.4 Å². The summed E-state index contributed by atoms with van der Waals surface area (Å²) in [7, 11) is -3.90. The minimum atomic E-state index is -3.90. The lowest BCUT2D eigenvalue weighted by atomic mass is 10.2. The molecule has 106 valence electrons. The van der Waals surface area contributed by atoms with Crippen LogP contribution in [0.4, 0.5) is 0 Å². The molecule has 0 rings (SSSR count). The number of carbonyl (C=O) groups is 2. The normalized spacial score (nSPS) is 13.8. The van der Waals surface area contributed by atoms with E-state index in [-0.39, 0.29) is 6.61 Å². The van der Waals surface area contributed by atoms with E-state index in [0.717, 1.165) is 0 Å². The van der Waals surface area contributed by atoms with Crippen LogP contribution in [0, 0.1) is 0 Å². The van der Waals surface area contributed by atoms with Crippen LogP contribution in [0.1, 0.15) is 34.6 Å². The molecule has 0 aliphatic rings. The van der Waals surface area contributed by atoms with Gasteiger partial charge in [-0.1, -0.05) is 0 Å². The molecule has 0 aromatic heterocycles. The molecule has 1 unspecified atom stereocenters. The van der Waals surface area contributed by atoms with Crippen molar-refractivity contribution >= 4 is 21.8 Å². The molecule has 0 heterocycles. The van der Waals surface area contributed by atoms with Crippen LogP contribution < -0.4 is 0 Å². The van der Waals surface area contributed by atoms with Gasteiger partial charge in [-0.3, -0.25) is 9.59 Å². The van der Waals surface area contributed by atoms with Crippen LogP contribution in [0.5, 0.6) is 0 Å². The van der Waals surface area contributed by atoms with Gasteiger partial charge >= 0.3 is 11.9 Å². The largest absolute Gasteiger partial charge is 0.465 e. The zero-order chi connectivity index (χ0) is 14.6. The fourth-order valence-electron chi connectivity index (χ4n) is 1.07. The molecule has 0 aliphatic carbocycles. The van der Waals surface area contributed by atoms with E-state index in [2.05, 4.69) is 4.74 Å². The summed E-state index contributed by atoms with van der Waals surface area (Å²) in [5, 5.41) is -1.37. The maximum absolute atomic E-state index is 11.7. The number of esters is 2. The lowest BCUT2D eigenvalue weighted by Crippen LogP contribution is -2.36. The van der Waals surface area contributed by atoms with Gasteiger partial charge in [-0.2, -0.15) is 0 Å². The van der Waals surface area contributed by atoms with Gasteiger partial charge in [0.05, 0.1) is 6.61 Å². The molecule has 1 atom stereocenters. The van der Waals surface area contributed by atoms with Crippen LogP contribution >= 0.6 is 0 Å². The van der Waals surface area contributed by atoms with Gasteiger partial charge in [-0.05, 0) is 34.6 Å². The number of sulfone groups is 1. The number of rotatable bonds is 5. The highest BCUT2D eigenvalue weighted by atomic mass is 32.2. The Kier molecular flexibility index (Phi) is 5.79. The van der Waals surface area contributed by atoms with E-state index in [1.807, 2.05) is 0 Å². The standard InChI is InChI=1S/C11H20O6S/c1-6-16-10(13)8(2)18(14,15)7-9(12)17-11(3,4)5/h8H,6-7H2,1-5H3. The molecule has 0 radical (unpaired) electrons. The Morgan fingerprint density at radius 2 is 1.72 bits per heavy atom. The molecule has 0 aliphatic heterocycles. The second-order valence-electron chi connectivity index (χ2n) is 4.79. The molecule has 0 N–H and O–H groups in total. The van der Waals surface area contributed by atoms with E-state index in [4.69, 9.17) is 4.74 Å². The Labute approximate surface area is 108 Å². The quantitative estimate of drug-likeness (QED) is 0.689. The molecule has 0 fully saturated rings. The molecule has 0 aromatic rings. The Bertz CT molecular complexity index is 404. The highest BCUT2D eigenvalue weighted by molar-refractivity contribution is 7.93. The highest BCUT2D eigenvalue weighted by Gasteiger charge is 2.33. The first kappa shape index (κ1) is 16.9. The fraction of sp³-hybridized carbons (Fsp3) is 0.818. The van der Waals surface area contributed by atoms with Crippen molar-refractivity contribution in [1.29, 1.82) is 0 Å². The van der Waals surface area contributed by atoms with E-state index in [1.165, 1.54) is 6.92 Å². The minimum Gasteiger partial charge on any atom is -0.465 e. The summed E-state index contributed by atoms with van der Waals surface area (Å²) in [6, 6.07) is 0. The summed E-state index contributed by atoms with van der Waals surface area (Å²) in [5.41, 5.74) is -0.764. The SMILES string of the molecule is CCOC(=O)C(C)S(=O)(=O)CC(=O)OC(C)(C)C. The van der Waals surface area contributed by atoms with Crippen LogP contribution in [-0.4, -0.2) is 43.6 Å². The Hall–Kier alpha value is -1.11. The van der Waals surface area contributed by atoms with Crippen molar-refractivity contribution in [2.75, 3.05) is 12.4 Å². The van der Waals surface area contributed by atoms with Crippen LogP contribution in [0.15, 0.2) is 0 Å². The van der Waals surface area contributed by atoms with Crippen molar-refractivity contribution in [1.82, 2.24) is 0 Å².